The molecule has 0 bridgehead atoms. The molecule has 5 nitrogen and oxygen atoms in total. The summed E-state index contributed by atoms with van der Waals surface area (Å²) in [5.74, 6) is -0.320. The van der Waals surface area contributed by atoms with E-state index in [0.717, 1.165) is 32.9 Å². The molecular weight excluding hydrogens is 419 g/mol. The molecule has 0 radical (unpaired) electrons. The van der Waals surface area contributed by atoms with Crippen molar-refractivity contribution in [3.05, 3.63) is 52.8 Å². The van der Waals surface area contributed by atoms with Crippen LogP contribution in [-0.2, 0) is 0 Å². The van der Waals surface area contributed by atoms with E-state index < -0.39 is 0 Å². The zero-order chi connectivity index (χ0) is 18.1. The number of urea groups is 1. The minimum atomic E-state index is -0.320. The Balaban J connectivity index is 1.38. The Kier molecular flexibility index (Phi) is 4.78. The van der Waals surface area contributed by atoms with Crippen molar-refractivity contribution in [2.45, 2.75) is 0 Å². The molecule has 26 heavy (non-hydrogen) atoms. The van der Waals surface area contributed by atoms with Gasteiger partial charge in [-0.2, -0.15) is 0 Å². The Morgan fingerprint density at radius 1 is 1.12 bits per heavy atom. The summed E-state index contributed by atoms with van der Waals surface area (Å²) in [6.07, 6.45) is 0. The van der Waals surface area contributed by atoms with Crippen molar-refractivity contribution in [3.8, 4) is 0 Å². The molecule has 3 aromatic rings. The fourth-order valence-electron chi connectivity index (χ4n) is 2.86. The molecule has 0 unspecified atom stereocenters. The molecule has 1 aliphatic heterocycles. The zero-order valence-electron chi connectivity index (χ0n) is 13.8. The van der Waals surface area contributed by atoms with Crippen LogP contribution in [-0.4, -0.2) is 42.1 Å². The Hall–Kier alpha value is -2.19. The second kappa shape index (κ2) is 7.20. The number of benzene rings is 2. The number of hydrogen-bond acceptors (Lipinski definition) is 4. The Morgan fingerprint density at radius 3 is 2.58 bits per heavy atom. The van der Waals surface area contributed by atoms with Crippen LogP contribution in [0.4, 0.5) is 20.0 Å². The first kappa shape index (κ1) is 17.2. The third-order valence-corrected chi connectivity index (χ3v) is 5.84. The van der Waals surface area contributed by atoms with Crippen LogP contribution in [0.5, 0.6) is 0 Å². The van der Waals surface area contributed by atoms with Crippen LogP contribution < -0.4 is 10.2 Å². The number of carbonyl (C=O) groups excluding carboxylic acids is 1. The third kappa shape index (κ3) is 3.66. The van der Waals surface area contributed by atoms with E-state index in [-0.39, 0.29) is 11.8 Å². The maximum atomic E-state index is 12.9. The SMILES string of the molecule is O=C(Nc1ccc(F)cc1)N1CCN(c2nc3ccc(Br)cc3s2)CC1. The highest BCUT2D eigenvalue weighted by atomic mass is 79.9. The van der Waals surface area contributed by atoms with E-state index in [0.29, 0.717) is 18.8 Å². The van der Waals surface area contributed by atoms with Gasteiger partial charge in [0.2, 0.25) is 0 Å². The zero-order valence-corrected chi connectivity index (χ0v) is 16.2. The van der Waals surface area contributed by atoms with Gasteiger partial charge >= 0.3 is 6.03 Å². The number of thiazole rings is 1. The number of anilines is 2. The highest BCUT2D eigenvalue weighted by Crippen LogP contribution is 2.31. The van der Waals surface area contributed by atoms with E-state index in [4.69, 9.17) is 4.98 Å². The van der Waals surface area contributed by atoms with Gasteiger partial charge in [-0.25, -0.2) is 14.2 Å². The van der Waals surface area contributed by atoms with Crippen LogP contribution in [0, 0.1) is 5.82 Å². The van der Waals surface area contributed by atoms with Crippen molar-refractivity contribution in [1.29, 1.82) is 0 Å². The molecule has 0 aliphatic carbocycles. The van der Waals surface area contributed by atoms with Gasteiger partial charge in [0.15, 0.2) is 5.13 Å². The molecule has 8 heteroatoms. The molecule has 0 spiro atoms. The standard InChI is InChI=1S/C18H16BrFN4OS/c19-12-1-6-15-16(11-12)26-18(22-15)24-9-7-23(8-10-24)17(25)21-14-4-2-13(20)3-5-14/h1-6,11H,7-10H2,(H,21,25). The average molecular weight is 435 g/mol. The lowest BCUT2D eigenvalue weighted by Crippen LogP contribution is -2.50. The third-order valence-electron chi connectivity index (χ3n) is 4.27. The maximum Gasteiger partial charge on any atom is 0.321 e. The van der Waals surface area contributed by atoms with Gasteiger partial charge in [-0.3, -0.25) is 0 Å². The number of hydrogen-bond donors (Lipinski definition) is 1. The fourth-order valence-corrected chi connectivity index (χ4v) is 4.43. The van der Waals surface area contributed by atoms with E-state index in [9.17, 15) is 9.18 Å². The highest BCUT2D eigenvalue weighted by Gasteiger charge is 2.23. The second-order valence-corrected chi connectivity index (χ2v) is 7.94. The monoisotopic (exact) mass is 434 g/mol. The highest BCUT2D eigenvalue weighted by molar-refractivity contribution is 9.10. The van der Waals surface area contributed by atoms with Gasteiger partial charge in [0.05, 0.1) is 10.2 Å². The molecule has 134 valence electrons. The molecule has 1 saturated heterocycles. The van der Waals surface area contributed by atoms with E-state index in [2.05, 4.69) is 32.2 Å². The summed E-state index contributed by atoms with van der Waals surface area (Å²) in [4.78, 5) is 21.0. The number of halogens is 2. The lowest BCUT2D eigenvalue weighted by atomic mass is 10.3. The molecule has 1 N–H and O–H groups in total. The molecule has 1 fully saturated rings. The van der Waals surface area contributed by atoms with Crippen molar-refractivity contribution in [2.24, 2.45) is 0 Å². The van der Waals surface area contributed by atoms with Crippen LogP contribution in [0.15, 0.2) is 46.9 Å². The van der Waals surface area contributed by atoms with Crippen LogP contribution in [0.25, 0.3) is 10.2 Å². The lowest BCUT2D eigenvalue weighted by molar-refractivity contribution is 0.208. The average Bonchev–Trinajstić information content (AvgIpc) is 3.07. The molecule has 1 aromatic heterocycles. The molecule has 2 amide bonds. The number of carbonyl (C=O) groups is 1. The second-order valence-electron chi connectivity index (χ2n) is 6.02. The Morgan fingerprint density at radius 2 is 1.85 bits per heavy atom. The largest absolute Gasteiger partial charge is 0.345 e. The first-order chi connectivity index (χ1) is 12.6. The minimum absolute atomic E-state index is 0.163. The first-order valence-electron chi connectivity index (χ1n) is 8.21. The normalized spacial score (nSPS) is 14.7. The van der Waals surface area contributed by atoms with Crippen molar-refractivity contribution >= 4 is 54.3 Å². The van der Waals surface area contributed by atoms with Gasteiger partial charge < -0.3 is 15.1 Å². The van der Waals surface area contributed by atoms with Gasteiger partial charge in [-0.1, -0.05) is 27.3 Å². The van der Waals surface area contributed by atoms with Crippen molar-refractivity contribution < 1.29 is 9.18 Å². The van der Waals surface area contributed by atoms with Gasteiger partial charge in [-0.05, 0) is 42.5 Å². The molecule has 1 aliphatic rings. The van der Waals surface area contributed by atoms with Crippen LogP contribution in [0.3, 0.4) is 0 Å². The number of nitrogens with one attached hydrogen (secondary N) is 1. The first-order valence-corrected chi connectivity index (χ1v) is 9.82. The number of nitrogens with zero attached hydrogens (tertiary/aromatic N) is 3. The predicted octanol–water partition coefficient (Wildman–Crippen LogP) is 4.55. The van der Waals surface area contributed by atoms with Crippen LogP contribution in [0.2, 0.25) is 0 Å². The molecule has 2 heterocycles. The quantitative estimate of drug-likeness (QED) is 0.643. The smallest absolute Gasteiger partial charge is 0.321 e. The molecule has 0 saturated carbocycles. The van der Waals surface area contributed by atoms with Gasteiger partial charge in [0, 0.05) is 36.3 Å². The maximum absolute atomic E-state index is 12.9. The van der Waals surface area contributed by atoms with Gasteiger partial charge in [-0.15, -0.1) is 0 Å². The Bertz CT molecular complexity index is 938. The predicted molar refractivity (Wildman–Crippen MR) is 107 cm³/mol. The summed E-state index contributed by atoms with van der Waals surface area (Å²) in [6, 6.07) is 11.7. The fraction of sp³-hybridized carbons (Fsp3) is 0.222. The van der Waals surface area contributed by atoms with Crippen molar-refractivity contribution in [1.82, 2.24) is 9.88 Å². The summed E-state index contributed by atoms with van der Waals surface area (Å²) in [5, 5.41) is 3.79. The topological polar surface area (TPSA) is 48.5 Å². The number of aromatic nitrogens is 1. The van der Waals surface area contributed by atoms with Crippen molar-refractivity contribution in [3.63, 3.8) is 0 Å². The summed E-state index contributed by atoms with van der Waals surface area (Å²) < 4.78 is 15.1. The van der Waals surface area contributed by atoms with Gasteiger partial charge in [0.25, 0.3) is 0 Å². The number of amides is 2. The number of piperazine rings is 1. The lowest BCUT2D eigenvalue weighted by Gasteiger charge is -2.34. The summed E-state index contributed by atoms with van der Waals surface area (Å²) in [7, 11) is 0. The van der Waals surface area contributed by atoms with E-state index >= 15 is 0 Å². The molecule has 0 atom stereocenters. The minimum Gasteiger partial charge on any atom is -0.345 e. The Labute approximate surface area is 162 Å². The van der Waals surface area contributed by atoms with Crippen LogP contribution >= 0.6 is 27.3 Å². The summed E-state index contributed by atoms with van der Waals surface area (Å²) >= 11 is 5.15. The van der Waals surface area contributed by atoms with E-state index in [1.54, 1.807) is 28.4 Å². The molecular formula is C18H16BrFN4OS. The molecule has 4 rings (SSSR count). The molecule has 2 aromatic carbocycles. The van der Waals surface area contributed by atoms with E-state index in [1.807, 2.05) is 12.1 Å². The van der Waals surface area contributed by atoms with Gasteiger partial charge in [0.1, 0.15) is 5.82 Å². The summed E-state index contributed by atoms with van der Waals surface area (Å²) in [5.41, 5.74) is 1.58. The van der Waals surface area contributed by atoms with Crippen molar-refractivity contribution in [2.75, 3.05) is 36.4 Å². The number of rotatable bonds is 2. The van der Waals surface area contributed by atoms with Crippen LogP contribution in [0.1, 0.15) is 0 Å². The van der Waals surface area contributed by atoms with E-state index in [1.165, 1.54) is 12.1 Å². The summed E-state index contributed by atoms with van der Waals surface area (Å²) in [6.45, 7) is 2.70. The number of fused-ring (bicyclic) bond motifs is 1.